The molecule has 0 saturated heterocycles. The number of carbonyl (C=O) groups is 2. The molecule has 0 N–H and O–H groups in total. The van der Waals surface area contributed by atoms with Gasteiger partial charge < -0.3 is 14.4 Å². The third-order valence-corrected chi connectivity index (χ3v) is 1.74. The zero-order valence-corrected chi connectivity index (χ0v) is 8.66. The van der Waals surface area contributed by atoms with Crippen LogP contribution in [0.2, 0.25) is 0 Å². The molecule has 0 saturated carbocycles. The smallest absolute Gasteiger partial charge is 0.409 e. The lowest BCUT2D eigenvalue weighted by Gasteiger charge is -2.30. The molecule has 1 amide bonds. The van der Waals surface area contributed by atoms with E-state index in [0.29, 0.717) is 0 Å². The van der Waals surface area contributed by atoms with Crippen molar-refractivity contribution < 1.29 is 14.3 Å². The van der Waals surface area contributed by atoms with Crippen LogP contribution in [0, 0.1) is 0 Å². The molecule has 13 heavy (non-hydrogen) atoms. The van der Waals surface area contributed by atoms with E-state index in [2.05, 4.69) is 0 Å². The third kappa shape index (κ3) is 4.50. The first-order valence-electron chi connectivity index (χ1n) is 4.24. The average molecular weight is 187 g/mol. The van der Waals surface area contributed by atoms with E-state index >= 15 is 0 Å². The van der Waals surface area contributed by atoms with Gasteiger partial charge in [-0.2, -0.15) is 0 Å². The fourth-order valence-corrected chi connectivity index (χ4v) is 0.565. The van der Waals surface area contributed by atoms with Crippen LogP contribution < -0.4 is 0 Å². The van der Waals surface area contributed by atoms with Gasteiger partial charge >= 0.3 is 6.09 Å². The van der Waals surface area contributed by atoms with Gasteiger partial charge in [-0.3, -0.25) is 0 Å². The summed E-state index contributed by atoms with van der Waals surface area (Å²) in [4.78, 5) is 22.7. The van der Waals surface area contributed by atoms with Crippen molar-refractivity contribution in [3.8, 4) is 0 Å². The summed E-state index contributed by atoms with van der Waals surface area (Å²) in [5.74, 6) is 0. The summed E-state index contributed by atoms with van der Waals surface area (Å²) in [6.45, 7) is 5.89. The maximum absolute atomic E-state index is 11.3. The van der Waals surface area contributed by atoms with E-state index in [1.54, 1.807) is 7.05 Å². The highest BCUT2D eigenvalue weighted by Gasteiger charge is 2.22. The molecule has 0 radical (unpaired) electrons. The molecule has 0 fully saturated rings. The summed E-state index contributed by atoms with van der Waals surface area (Å²) in [6.07, 6.45) is 0.586. The van der Waals surface area contributed by atoms with Crippen molar-refractivity contribution in [2.75, 3.05) is 13.7 Å². The summed E-state index contributed by atoms with van der Waals surface area (Å²) in [5.41, 5.74) is -0.252. The van der Waals surface area contributed by atoms with Crippen LogP contribution in [0.5, 0.6) is 0 Å². The van der Waals surface area contributed by atoms with Crippen LogP contribution in [0.4, 0.5) is 4.79 Å². The molecule has 0 aliphatic carbocycles. The molecule has 0 aromatic carbocycles. The molecule has 0 bridgehead atoms. The van der Waals surface area contributed by atoms with Gasteiger partial charge in [-0.25, -0.2) is 4.79 Å². The van der Waals surface area contributed by atoms with Crippen molar-refractivity contribution in [1.29, 1.82) is 0 Å². The van der Waals surface area contributed by atoms with E-state index in [1.807, 2.05) is 20.8 Å². The zero-order valence-electron chi connectivity index (χ0n) is 8.66. The monoisotopic (exact) mass is 187 g/mol. The van der Waals surface area contributed by atoms with Crippen molar-refractivity contribution in [3.05, 3.63) is 0 Å². The molecule has 0 unspecified atom stereocenters. The number of hydrogen-bond donors (Lipinski definition) is 0. The second-order valence-electron chi connectivity index (χ2n) is 3.80. The van der Waals surface area contributed by atoms with E-state index in [1.165, 1.54) is 4.90 Å². The predicted octanol–water partition coefficient (Wildman–Crippen LogP) is 1.44. The highest BCUT2D eigenvalue weighted by molar-refractivity contribution is 5.68. The van der Waals surface area contributed by atoms with Gasteiger partial charge in [-0.05, 0) is 20.8 Å². The van der Waals surface area contributed by atoms with Crippen molar-refractivity contribution in [3.63, 3.8) is 0 Å². The number of aldehydes is 1. The van der Waals surface area contributed by atoms with Gasteiger partial charge in [-0.15, -0.1) is 0 Å². The summed E-state index contributed by atoms with van der Waals surface area (Å²) in [6, 6.07) is 0. The van der Waals surface area contributed by atoms with Gasteiger partial charge in [0.1, 0.15) is 6.29 Å². The zero-order chi connectivity index (χ0) is 10.5. The number of amides is 1. The molecule has 0 atom stereocenters. The Bertz CT molecular complexity index is 184. The first-order valence-corrected chi connectivity index (χ1v) is 4.24. The van der Waals surface area contributed by atoms with Crippen molar-refractivity contribution in [1.82, 2.24) is 4.90 Å². The van der Waals surface area contributed by atoms with Gasteiger partial charge in [-0.1, -0.05) is 0 Å². The Kier molecular flexibility index (Phi) is 4.45. The first kappa shape index (κ1) is 11.9. The molecule has 0 aromatic heterocycles. The van der Waals surface area contributed by atoms with E-state index in [-0.39, 0.29) is 18.6 Å². The van der Waals surface area contributed by atoms with Crippen LogP contribution in [0.3, 0.4) is 0 Å². The highest BCUT2D eigenvalue weighted by Crippen LogP contribution is 2.11. The van der Waals surface area contributed by atoms with E-state index in [9.17, 15) is 9.59 Å². The van der Waals surface area contributed by atoms with Crippen LogP contribution in [-0.4, -0.2) is 36.5 Å². The fourth-order valence-electron chi connectivity index (χ4n) is 0.565. The number of nitrogens with zero attached hydrogens (tertiary/aromatic N) is 1. The average Bonchev–Trinajstić information content (AvgIpc) is 2.01. The topological polar surface area (TPSA) is 46.6 Å². The molecular formula is C9H17NO3. The van der Waals surface area contributed by atoms with Gasteiger partial charge in [0.2, 0.25) is 0 Å². The fraction of sp³-hybridized carbons (Fsp3) is 0.778. The molecule has 0 aromatic rings. The first-order chi connectivity index (χ1) is 5.89. The molecule has 0 aliphatic rings. The lowest BCUT2D eigenvalue weighted by atomic mass is 10.1. The highest BCUT2D eigenvalue weighted by atomic mass is 16.6. The van der Waals surface area contributed by atoms with Crippen LogP contribution in [-0.2, 0) is 9.53 Å². The maximum Gasteiger partial charge on any atom is 0.409 e. The third-order valence-electron chi connectivity index (χ3n) is 1.74. The summed E-state index contributed by atoms with van der Waals surface area (Å²) >= 11 is 0. The molecule has 0 heterocycles. The van der Waals surface area contributed by atoms with Gasteiger partial charge in [0, 0.05) is 19.0 Å². The molecule has 0 rings (SSSR count). The molecule has 4 heteroatoms. The lowest BCUT2D eigenvalue weighted by molar-refractivity contribution is -0.108. The number of hydrogen-bond acceptors (Lipinski definition) is 3. The minimum Gasteiger partial charge on any atom is -0.449 e. The Balaban J connectivity index is 3.90. The Morgan fingerprint density at radius 1 is 1.46 bits per heavy atom. The predicted molar refractivity (Wildman–Crippen MR) is 49.5 cm³/mol. The SMILES string of the molecule is CN(C(=O)OCCC=O)C(C)(C)C. The summed E-state index contributed by atoms with van der Waals surface area (Å²) in [5, 5.41) is 0. The van der Waals surface area contributed by atoms with Crippen LogP contribution >= 0.6 is 0 Å². The second-order valence-corrected chi connectivity index (χ2v) is 3.80. The Morgan fingerprint density at radius 3 is 2.38 bits per heavy atom. The molecule has 4 nitrogen and oxygen atoms in total. The molecule has 0 spiro atoms. The summed E-state index contributed by atoms with van der Waals surface area (Å²) in [7, 11) is 1.67. The maximum atomic E-state index is 11.3. The number of rotatable bonds is 3. The molecule has 76 valence electrons. The Labute approximate surface area is 78.9 Å². The number of carbonyl (C=O) groups excluding carboxylic acids is 2. The Hall–Kier alpha value is -1.06. The second kappa shape index (κ2) is 4.84. The number of ether oxygens (including phenoxy) is 1. The standard InChI is InChI=1S/C9H17NO3/c1-9(2,3)10(4)8(12)13-7-5-6-11/h6H,5,7H2,1-4H3. The van der Waals surface area contributed by atoms with Crippen molar-refractivity contribution in [2.45, 2.75) is 32.7 Å². The van der Waals surface area contributed by atoms with Crippen molar-refractivity contribution >= 4 is 12.4 Å². The van der Waals surface area contributed by atoms with Gasteiger partial charge in [0.15, 0.2) is 0 Å². The van der Waals surface area contributed by atoms with Gasteiger partial charge in [0.25, 0.3) is 0 Å². The lowest BCUT2D eigenvalue weighted by Crippen LogP contribution is -2.42. The van der Waals surface area contributed by atoms with E-state index in [0.717, 1.165) is 6.29 Å². The summed E-state index contributed by atoms with van der Waals surface area (Å²) < 4.78 is 4.83. The quantitative estimate of drug-likeness (QED) is 0.496. The Morgan fingerprint density at radius 2 is 2.00 bits per heavy atom. The van der Waals surface area contributed by atoms with Crippen LogP contribution in [0.15, 0.2) is 0 Å². The van der Waals surface area contributed by atoms with Gasteiger partial charge in [0.05, 0.1) is 6.61 Å². The minimum atomic E-state index is -0.394. The largest absolute Gasteiger partial charge is 0.449 e. The minimum absolute atomic E-state index is 0.156. The van der Waals surface area contributed by atoms with E-state index < -0.39 is 6.09 Å². The van der Waals surface area contributed by atoms with Crippen LogP contribution in [0.25, 0.3) is 0 Å². The van der Waals surface area contributed by atoms with Crippen molar-refractivity contribution in [2.24, 2.45) is 0 Å². The normalized spacial score (nSPS) is 10.8. The molecular weight excluding hydrogens is 170 g/mol. The van der Waals surface area contributed by atoms with E-state index in [4.69, 9.17) is 4.74 Å². The molecule has 0 aliphatic heterocycles. The van der Waals surface area contributed by atoms with Crippen LogP contribution in [0.1, 0.15) is 27.2 Å².